The van der Waals surface area contributed by atoms with Gasteiger partial charge in [0.1, 0.15) is 11.9 Å². The fraction of sp³-hybridized carbons (Fsp3) is 0.545. The van der Waals surface area contributed by atoms with Crippen LogP contribution >= 0.6 is 12.4 Å². The quantitative estimate of drug-likeness (QED) is 0.733. The van der Waals surface area contributed by atoms with E-state index < -0.39 is 0 Å². The lowest BCUT2D eigenvalue weighted by Gasteiger charge is -2.36. The molecule has 1 aliphatic carbocycles. The van der Waals surface area contributed by atoms with Gasteiger partial charge in [-0.1, -0.05) is 6.07 Å². The smallest absolute Gasteiger partial charge is 0.259 e. The third kappa shape index (κ3) is 5.52. The second kappa shape index (κ2) is 10.6. The summed E-state index contributed by atoms with van der Waals surface area (Å²) in [6, 6.07) is 8.61. The number of pyridine rings is 2. The number of hydrogen-bond donors (Lipinski definition) is 1. The first kappa shape index (κ1) is 21.7. The number of halogens is 1. The van der Waals surface area contributed by atoms with Gasteiger partial charge in [-0.05, 0) is 75.4 Å². The van der Waals surface area contributed by atoms with Crippen LogP contribution in [0.2, 0.25) is 0 Å². The van der Waals surface area contributed by atoms with Crippen molar-refractivity contribution in [1.29, 1.82) is 0 Å². The zero-order valence-corrected chi connectivity index (χ0v) is 17.9. The van der Waals surface area contributed by atoms with E-state index in [0.717, 1.165) is 51.1 Å². The summed E-state index contributed by atoms with van der Waals surface area (Å²) in [6.07, 6.45) is 10.9. The van der Waals surface area contributed by atoms with Crippen LogP contribution in [-0.2, 0) is 6.54 Å². The van der Waals surface area contributed by atoms with Gasteiger partial charge in [0.05, 0.1) is 7.11 Å². The molecule has 1 N–H and O–H groups in total. The molecular weight excluding hydrogens is 388 g/mol. The van der Waals surface area contributed by atoms with Crippen molar-refractivity contribution in [3.8, 4) is 11.6 Å². The van der Waals surface area contributed by atoms with Gasteiger partial charge in [0.2, 0.25) is 0 Å². The molecule has 7 heteroatoms. The molecule has 0 amide bonds. The summed E-state index contributed by atoms with van der Waals surface area (Å²) in [5.41, 5.74) is 1.19. The molecule has 3 heterocycles. The van der Waals surface area contributed by atoms with E-state index in [1.54, 1.807) is 7.11 Å². The van der Waals surface area contributed by atoms with Gasteiger partial charge in [-0.3, -0.25) is 4.98 Å². The maximum atomic E-state index is 6.24. The zero-order valence-electron chi connectivity index (χ0n) is 17.0. The van der Waals surface area contributed by atoms with E-state index >= 15 is 0 Å². The van der Waals surface area contributed by atoms with Crippen molar-refractivity contribution >= 4 is 18.2 Å². The topological polar surface area (TPSA) is 59.5 Å². The second-order valence-electron chi connectivity index (χ2n) is 7.67. The number of ether oxygens (including phenoxy) is 2. The van der Waals surface area contributed by atoms with Crippen LogP contribution in [0, 0.1) is 0 Å². The Bertz CT molecular complexity index is 750. The highest BCUT2D eigenvalue weighted by Gasteiger charge is 2.25. The Hall–Kier alpha value is -2.05. The SMILES string of the molecule is COc1ccc(N(Cc2cccnc2)C2CCNCC2)nc1OC1CCCC1.Cl. The molecule has 1 aliphatic heterocycles. The first-order valence-corrected chi connectivity index (χ1v) is 10.4. The minimum absolute atomic E-state index is 0. The van der Waals surface area contributed by atoms with E-state index in [2.05, 4.69) is 27.3 Å². The van der Waals surface area contributed by atoms with Crippen molar-refractivity contribution in [3.05, 3.63) is 42.2 Å². The monoisotopic (exact) mass is 418 g/mol. The second-order valence-corrected chi connectivity index (χ2v) is 7.67. The Morgan fingerprint density at radius 3 is 2.59 bits per heavy atom. The number of hydrogen-bond acceptors (Lipinski definition) is 6. The summed E-state index contributed by atoms with van der Waals surface area (Å²) in [6.45, 7) is 2.87. The Morgan fingerprint density at radius 2 is 1.90 bits per heavy atom. The van der Waals surface area contributed by atoms with E-state index in [9.17, 15) is 0 Å². The summed E-state index contributed by atoms with van der Waals surface area (Å²) >= 11 is 0. The van der Waals surface area contributed by atoms with Crippen LogP contribution in [0.15, 0.2) is 36.7 Å². The van der Waals surface area contributed by atoms with Crippen LogP contribution in [0.25, 0.3) is 0 Å². The Morgan fingerprint density at radius 1 is 1.10 bits per heavy atom. The molecule has 1 saturated carbocycles. The standard InChI is InChI=1S/C22H30N4O2.ClH/c1-27-20-8-9-21(25-22(20)28-19-6-2-3-7-19)26(18-10-13-23-14-11-18)16-17-5-4-12-24-15-17;/h4-5,8-9,12,15,18-19,23H,2-3,6-7,10-11,13-14,16H2,1H3;1H. The Kier molecular flexibility index (Phi) is 7.95. The highest BCUT2D eigenvalue weighted by Crippen LogP contribution is 2.33. The third-order valence-electron chi connectivity index (χ3n) is 5.73. The lowest BCUT2D eigenvalue weighted by Crippen LogP contribution is -2.43. The van der Waals surface area contributed by atoms with Crippen LogP contribution in [0.4, 0.5) is 5.82 Å². The number of nitrogens with one attached hydrogen (secondary N) is 1. The van der Waals surface area contributed by atoms with E-state index in [1.807, 2.05) is 24.5 Å². The number of methoxy groups -OCH3 is 1. The predicted molar refractivity (Wildman–Crippen MR) is 117 cm³/mol. The van der Waals surface area contributed by atoms with Crippen LogP contribution in [0.1, 0.15) is 44.1 Å². The highest BCUT2D eigenvalue weighted by molar-refractivity contribution is 5.85. The van der Waals surface area contributed by atoms with E-state index in [-0.39, 0.29) is 18.5 Å². The molecule has 29 heavy (non-hydrogen) atoms. The van der Waals surface area contributed by atoms with Gasteiger partial charge >= 0.3 is 0 Å². The molecule has 0 unspecified atom stereocenters. The molecule has 0 aromatic carbocycles. The molecule has 4 rings (SSSR count). The Labute approximate surface area is 179 Å². The van der Waals surface area contributed by atoms with Gasteiger partial charge in [0, 0.05) is 25.0 Å². The highest BCUT2D eigenvalue weighted by atomic mass is 35.5. The zero-order chi connectivity index (χ0) is 19.2. The average Bonchev–Trinajstić information content (AvgIpc) is 3.26. The van der Waals surface area contributed by atoms with Gasteiger partial charge in [-0.15, -0.1) is 12.4 Å². The number of nitrogens with zero attached hydrogens (tertiary/aromatic N) is 3. The third-order valence-corrected chi connectivity index (χ3v) is 5.73. The molecule has 2 aromatic rings. The molecule has 0 bridgehead atoms. The van der Waals surface area contributed by atoms with Crippen molar-refractivity contribution < 1.29 is 9.47 Å². The minimum Gasteiger partial charge on any atom is -0.491 e. The van der Waals surface area contributed by atoms with E-state index in [4.69, 9.17) is 14.5 Å². The summed E-state index contributed by atoms with van der Waals surface area (Å²) in [7, 11) is 1.68. The Balaban J connectivity index is 0.00000240. The predicted octanol–water partition coefficient (Wildman–Crippen LogP) is 3.99. The average molecular weight is 419 g/mol. The number of aromatic nitrogens is 2. The summed E-state index contributed by atoms with van der Waals surface area (Å²) in [5, 5.41) is 3.46. The van der Waals surface area contributed by atoms with Crippen molar-refractivity contribution in [1.82, 2.24) is 15.3 Å². The normalized spacial score (nSPS) is 17.6. The molecule has 0 atom stereocenters. The van der Waals surface area contributed by atoms with Gasteiger partial charge in [-0.25, -0.2) is 0 Å². The van der Waals surface area contributed by atoms with E-state index in [1.165, 1.54) is 18.4 Å². The molecule has 158 valence electrons. The van der Waals surface area contributed by atoms with Gasteiger partial charge in [-0.2, -0.15) is 4.98 Å². The van der Waals surface area contributed by atoms with Crippen LogP contribution < -0.4 is 19.7 Å². The molecule has 0 spiro atoms. The van der Waals surface area contributed by atoms with Crippen LogP contribution in [0.3, 0.4) is 0 Å². The van der Waals surface area contributed by atoms with Crippen molar-refractivity contribution in [2.24, 2.45) is 0 Å². The summed E-state index contributed by atoms with van der Waals surface area (Å²) < 4.78 is 11.8. The fourth-order valence-electron chi connectivity index (χ4n) is 4.19. The molecule has 2 fully saturated rings. The maximum Gasteiger partial charge on any atom is 0.259 e. The first-order valence-electron chi connectivity index (χ1n) is 10.4. The van der Waals surface area contributed by atoms with Gasteiger partial charge in [0.15, 0.2) is 5.75 Å². The maximum absolute atomic E-state index is 6.24. The van der Waals surface area contributed by atoms with Crippen molar-refractivity contribution in [2.75, 3.05) is 25.1 Å². The number of piperidine rings is 1. The molecule has 2 aromatic heterocycles. The minimum atomic E-state index is 0. The van der Waals surface area contributed by atoms with Crippen LogP contribution in [-0.4, -0.2) is 42.3 Å². The molecular formula is C22H31ClN4O2. The van der Waals surface area contributed by atoms with Gasteiger partial charge < -0.3 is 19.7 Å². The van der Waals surface area contributed by atoms with Gasteiger partial charge in [0.25, 0.3) is 5.88 Å². The summed E-state index contributed by atoms with van der Waals surface area (Å²) in [4.78, 5) is 11.6. The lowest BCUT2D eigenvalue weighted by atomic mass is 10.0. The number of anilines is 1. The number of rotatable bonds is 7. The molecule has 2 aliphatic rings. The summed E-state index contributed by atoms with van der Waals surface area (Å²) in [5.74, 6) is 2.28. The first-order chi connectivity index (χ1) is 13.8. The largest absolute Gasteiger partial charge is 0.491 e. The van der Waals surface area contributed by atoms with Crippen molar-refractivity contribution in [2.45, 2.75) is 57.2 Å². The molecule has 0 radical (unpaired) electrons. The molecule has 6 nitrogen and oxygen atoms in total. The lowest BCUT2D eigenvalue weighted by molar-refractivity contribution is 0.192. The fourth-order valence-corrected chi connectivity index (χ4v) is 4.19. The van der Waals surface area contributed by atoms with Crippen molar-refractivity contribution in [3.63, 3.8) is 0 Å². The van der Waals surface area contributed by atoms with E-state index in [0.29, 0.717) is 17.7 Å². The van der Waals surface area contributed by atoms with Crippen LogP contribution in [0.5, 0.6) is 11.6 Å². The molecule has 1 saturated heterocycles.